The SMILES string of the molecule is COc1cc2c(c(CC(N)C(=O)O)c1)NC(=O)C2. The second-order valence-corrected chi connectivity index (χ2v) is 4.19. The van der Waals surface area contributed by atoms with Crippen molar-refractivity contribution in [2.75, 3.05) is 12.4 Å². The minimum Gasteiger partial charge on any atom is -0.497 e. The Kier molecular flexibility index (Phi) is 3.20. The molecule has 0 saturated carbocycles. The molecule has 0 spiro atoms. The van der Waals surface area contributed by atoms with Gasteiger partial charge in [0.25, 0.3) is 0 Å². The van der Waals surface area contributed by atoms with E-state index in [0.717, 1.165) is 5.56 Å². The first-order chi connectivity index (χ1) is 8.51. The number of hydrogen-bond donors (Lipinski definition) is 3. The maximum atomic E-state index is 11.4. The lowest BCUT2D eigenvalue weighted by molar-refractivity contribution is -0.138. The van der Waals surface area contributed by atoms with Crippen molar-refractivity contribution in [1.29, 1.82) is 0 Å². The molecule has 1 atom stereocenters. The monoisotopic (exact) mass is 250 g/mol. The molecule has 4 N–H and O–H groups in total. The van der Waals surface area contributed by atoms with Crippen LogP contribution in [0, 0.1) is 0 Å². The van der Waals surface area contributed by atoms with Crippen LogP contribution in [0.5, 0.6) is 5.75 Å². The van der Waals surface area contributed by atoms with Crippen LogP contribution in [0.2, 0.25) is 0 Å². The molecule has 0 radical (unpaired) electrons. The van der Waals surface area contributed by atoms with Crippen LogP contribution >= 0.6 is 0 Å². The lowest BCUT2D eigenvalue weighted by Gasteiger charge is -2.13. The van der Waals surface area contributed by atoms with E-state index < -0.39 is 12.0 Å². The molecule has 0 aromatic heterocycles. The van der Waals surface area contributed by atoms with Gasteiger partial charge in [0.05, 0.1) is 13.5 Å². The minimum absolute atomic E-state index is 0.108. The largest absolute Gasteiger partial charge is 0.497 e. The van der Waals surface area contributed by atoms with Crippen LogP contribution in [0.3, 0.4) is 0 Å². The number of benzene rings is 1. The third-order valence-electron chi connectivity index (χ3n) is 2.88. The molecule has 1 aromatic rings. The Hall–Kier alpha value is -2.08. The third-order valence-corrected chi connectivity index (χ3v) is 2.88. The molecule has 96 valence electrons. The number of ether oxygens (including phenoxy) is 1. The van der Waals surface area contributed by atoms with Gasteiger partial charge in [0.1, 0.15) is 11.8 Å². The van der Waals surface area contributed by atoms with Gasteiger partial charge < -0.3 is 20.9 Å². The zero-order chi connectivity index (χ0) is 13.3. The molecule has 1 unspecified atom stereocenters. The van der Waals surface area contributed by atoms with E-state index in [1.54, 1.807) is 12.1 Å². The Morgan fingerprint density at radius 2 is 2.33 bits per heavy atom. The first-order valence-corrected chi connectivity index (χ1v) is 5.49. The highest BCUT2D eigenvalue weighted by Gasteiger charge is 2.24. The fourth-order valence-corrected chi connectivity index (χ4v) is 2.00. The van der Waals surface area contributed by atoms with Crippen molar-refractivity contribution >= 4 is 17.6 Å². The lowest BCUT2D eigenvalue weighted by Crippen LogP contribution is -2.32. The van der Waals surface area contributed by atoms with Gasteiger partial charge >= 0.3 is 5.97 Å². The summed E-state index contributed by atoms with van der Waals surface area (Å²) in [6, 6.07) is 2.47. The summed E-state index contributed by atoms with van der Waals surface area (Å²) >= 11 is 0. The summed E-state index contributed by atoms with van der Waals surface area (Å²) in [6.45, 7) is 0. The number of anilines is 1. The molecule has 1 aliphatic heterocycles. The molecule has 1 aliphatic rings. The minimum atomic E-state index is -1.07. The highest BCUT2D eigenvalue weighted by molar-refractivity contribution is 6.00. The Balaban J connectivity index is 2.37. The molecule has 1 heterocycles. The van der Waals surface area contributed by atoms with Crippen molar-refractivity contribution in [3.63, 3.8) is 0 Å². The molecule has 18 heavy (non-hydrogen) atoms. The summed E-state index contributed by atoms with van der Waals surface area (Å²) in [5, 5.41) is 11.5. The summed E-state index contributed by atoms with van der Waals surface area (Å²) in [6.07, 6.45) is 0.428. The second kappa shape index (κ2) is 4.66. The van der Waals surface area contributed by atoms with Gasteiger partial charge in [-0.1, -0.05) is 0 Å². The highest BCUT2D eigenvalue weighted by Crippen LogP contribution is 2.32. The number of carbonyl (C=O) groups is 2. The number of rotatable bonds is 4. The quantitative estimate of drug-likeness (QED) is 0.705. The lowest BCUT2D eigenvalue weighted by atomic mass is 10.0. The van der Waals surface area contributed by atoms with Gasteiger partial charge in [-0.3, -0.25) is 9.59 Å². The Morgan fingerprint density at radius 3 is 2.94 bits per heavy atom. The normalized spacial score (nSPS) is 14.9. The number of hydrogen-bond acceptors (Lipinski definition) is 4. The van der Waals surface area contributed by atoms with Crippen LogP contribution in [0.25, 0.3) is 0 Å². The van der Waals surface area contributed by atoms with Gasteiger partial charge in [-0.15, -0.1) is 0 Å². The molecule has 2 rings (SSSR count). The molecule has 6 nitrogen and oxygen atoms in total. The van der Waals surface area contributed by atoms with E-state index in [4.69, 9.17) is 15.6 Å². The summed E-state index contributed by atoms with van der Waals surface area (Å²) in [5.74, 6) is -0.586. The number of nitrogens with two attached hydrogens (primary N) is 1. The second-order valence-electron chi connectivity index (χ2n) is 4.19. The Morgan fingerprint density at radius 1 is 1.61 bits per heavy atom. The zero-order valence-corrected chi connectivity index (χ0v) is 9.90. The smallest absolute Gasteiger partial charge is 0.320 e. The number of carbonyl (C=O) groups excluding carboxylic acids is 1. The van der Waals surface area contributed by atoms with Crippen molar-refractivity contribution in [2.45, 2.75) is 18.9 Å². The molecule has 0 fully saturated rings. The van der Waals surface area contributed by atoms with Gasteiger partial charge in [-0.05, 0) is 23.3 Å². The maximum absolute atomic E-state index is 11.4. The van der Waals surface area contributed by atoms with Crippen molar-refractivity contribution in [3.05, 3.63) is 23.3 Å². The molecule has 1 amide bonds. The number of amides is 1. The molecule has 0 saturated heterocycles. The van der Waals surface area contributed by atoms with Gasteiger partial charge in [0.15, 0.2) is 0 Å². The Labute approximate surface area is 104 Å². The van der Waals surface area contributed by atoms with Gasteiger partial charge in [0, 0.05) is 12.1 Å². The summed E-state index contributed by atoms with van der Waals surface area (Å²) in [7, 11) is 1.52. The van der Waals surface area contributed by atoms with Crippen molar-refractivity contribution < 1.29 is 19.4 Å². The molecular formula is C12H14N2O4. The fourth-order valence-electron chi connectivity index (χ4n) is 2.00. The van der Waals surface area contributed by atoms with Crippen molar-refractivity contribution in [3.8, 4) is 5.75 Å². The number of aliphatic carboxylic acids is 1. The number of carboxylic acid groups (broad SMARTS) is 1. The van der Waals surface area contributed by atoms with Crippen LogP contribution in [0.4, 0.5) is 5.69 Å². The van der Waals surface area contributed by atoms with E-state index in [-0.39, 0.29) is 18.7 Å². The van der Waals surface area contributed by atoms with Crippen LogP contribution in [0.15, 0.2) is 12.1 Å². The average Bonchev–Trinajstić information content (AvgIpc) is 2.69. The van der Waals surface area contributed by atoms with E-state index in [2.05, 4.69) is 5.32 Å². The van der Waals surface area contributed by atoms with Crippen LogP contribution in [-0.2, 0) is 22.4 Å². The predicted octanol–water partition coefficient (Wildman–Crippen LogP) is 0.144. The fraction of sp³-hybridized carbons (Fsp3) is 0.333. The predicted molar refractivity (Wildman–Crippen MR) is 64.6 cm³/mol. The molecule has 0 bridgehead atoms. The van der Waals surface area contributed by atoms with Crippen molar-refractivity contribution in [1.82, 2.24) is 0 Å². The summed E-state index contributed by atoms with van der Waals surface area (Å²) in [4.78, 5) is 22.2. The number of carboxylic acids is 1. The topological polar surface area (TPSA) is 102 Å². The van der Waals surface area contributed by atoms with E-state index in [1.807, 2.05) is 0 Å². The van der Waals surface area contributed by atoms with Gasteiger partial charge in [0.2, 0.25) is 5.91 Å². The molecule has 6 heteroatoms. The van der Waals surface area contributed by atoms with Crippen LogP contribution in [0.1, 0.15) is 11.1 Å². The zero-order valence-electron chi connectivity index (χ0n) is 9.90. The maximum Gasteiger partial charge on any atom is 0.320 e. The summed E-state index contributed by atoms with van der Waals surface area (Å²) in [5.41, 5.74) is 7.68. The first kappa shape index (κ1) is 12.4. The third kappa shape index (κ3) is 2.28. The summed E-state index contributed by atoms with van der Waals surface area (Å²) < 4.78 is 5.13. The molecule has 1 aromatic carbocycles. The highest BCUT2D eigenvalue weighted by atomic mass is 16.5. The van der Waals surface area contributed by atoms with Crippen LogP contribution in [-0.4, -0.2) is 30.1 Å². The first-order valence-electron chi connectivity index (χ1n) is 5.49. The van der Waals surface area contributed by atoms with E-state index in [9.17, 15) is 9.59 Å². The van der Waals surface area contributed by atoms with E-state index in [0.29, 0.717) is 17.0 Å². The van der Waals surface area contributed by atoms with Gasteiger partial charge in [-0.2, -0.15) is 0 Å². The molecular weight excluding hydrogens is 236 g/mol. The van der Waals surface area contributed by atoms with E-state index >= 15 is 0 Å². The van der Waals surface area contributed by atoms with E-state index in [1.165, 1.54) is 7.11 Å². The van der Waals surface area contributed by atoms with Crippen LogP contribution < -0.4 is 15.8 Å². The van der Waals surface area contributed by atoms with Gasteiger partial charge in [-0.25, -0.2) is 0 Å². The number of fused-ring (bicyclic) bond motifs is 1. The number of methoxy groups -OCH3 is 1. The molecule has 0 aliphatic carbocycles. The average molecular weight is 250 g/mol. The van der Waals surface area contributed by atoms with Crippen molar-refractivity contribution in [2.24, 2.45) is 5.73 Å². The Bertz CT molecular complexity index is 513. The standard InChI is InChI=1S/C12H14N2O4/c1-18-8-2-6(4-9(13)12(16)17)11-7(3-8)5-10(15)14-11/h2-3,9H,4-5,13H2,1H3,(H,14,15)(H,16,17). The number of nitrogens with one attached hydrogen (secondary N) is 1.